The highest BCUT2D eigenvalue weighted by Gasteiger charge is 2.29. The van der Waals surface area contributed by atoms with Crippen LogP contribution in [0.3, 0.4) is 0 Å². The summed E-state index contributed by atoms with van der Waals surface area (Å²) in [5.74, 6) is -2.90. The summed E-state index contributed by atoms with van der Waals surface area (Å²) < 4.78 is 27.2. The van der Waals surface area contributed by atoms with E-state index < -0.39 is 17.6 Å². The van der Waals surface area contributed by atoms with Gasteiger partial charge in [0, 0.05) is 31.5 Å². The zero-order valence-corrected chi connectivity index (χ0v) is 13.2. The van der Waals surface area contributed by atoms with E-state index in [2.05, 4.69) is 4.99 Å². The number of carbonyl (C=O) groups excluding carboxylic acids is 1. The Kier molecular flexibility index (Phi) is 5.60. The molecular formula is C17H20F2N2O2. The van der Waals surface area contributed by atoms with Gasteiger partial charge in [-0.1, -0.05) is 12.1 Å². The number of hydrogen-bond donors (Lipinski definition) is 1. The van der Waals surface area contributed by atoms with Crippen molar-refractivity contribution in [2.24, 2.45) is 4.99 Å². The number of aliphatic imine (C=N–C) groups is 1. The maximum absolute atomic E-state index is 13.8. The number of Topliss-reactive ketones (excluding diaryl/α,β-unsaturated/α-hetero) is 1. The summed E-state index contributed by atoms with van der Waals surface area (Å²) in [6.45, 7) is 1.24. The third-order valence-corrected chi connectivity index (χ3v) is 3.80. The molecule has 1 unspecified atom stereocenters. The minimum absolute atomic E-state index is 0.0272. The van der Waals surface area contributed by atoms with E-state index in [1.165, 1.54) is 18.3 Å². The first-order chi connectivity index (χ1) is 10.9. The molecule has 1 aromatic carbocycles. The second-order valence-corrected chi connectivity index (χ2v) is 5.87. The number of likely N-dealkylation sites (N-methyl/N-ethyl adjacent to an activating group) is 1. The molecule has 0 heterocycles. The summed E-state index contributed by atoms with van der Waals surface area (Å²) >= 11 is 0. The van der Waals surface area contributed by atoms with Crippen LogP contribution in [0.5, 0.6) is 0 Å². The van der Waals surface area contributed by atoms with Crippen LogP contribution < -0.4 is 0 Å². The lowest BCUT2D eigenvalue weighted by atomic mass is 9.82. The minimum atomic E-state index is -0.957. The van der Waals surface area contributed by atoms with E-state index in [1.807, 2.05) is 19.0 Å². The van der Waals surface area contributed by atoms with Crippen LogP contribution in [0.25, 0.3) is 0 Å². The average molecular weight is 322 g/mol. The van der Waals surface area contributed by atoms with Crippen molar-refractivity contribution in [2.75, 3.05) is 27.2 Å². The van der Waals surface area contributed by atoms with Crippen LogP contribution >= 0.6 is 0 Å². The molecule has 1 N–H and O–H groups in total. The smallest absolute Gasteiger partial charge is 0.168 e. The molecule has 0 amide bonds. The highest BCUT2D eigenvalue weighted by molar-refractivity contribution is 6.14. The molecule has 0 aliphatic heterocycles. The van der Waals surface area contributed by atoms with E-state index in [0.717, 1.165) is 12.6 Å². The predicted molar refractivity (Wildman–Crippen MR) is 84.9 cm³/mol. The van der Waals surface area contributed by atoms with Crippen molar-refractivity contribution in [1.82, 2.24) is 4.90 Å². The van der Waals surface area contributed by atoms with Gasteiger partial charge in [0.15, 0.2) is 17.4 Å². The van der Waals surface area contributed by atoms with Crippen molar-refractivity contribution < 1.29 is 18.7 Å². The number of nitrogens with zero attached hydrogens (tertiary/aromatic N) is 2. The molecule has 124 valence electrons. The fourth-order valence-electron chi connectivity index (χ4n) is 2.53. The van der Waals surface area contributed by atoms with Gasteiger partial charge in [0.1, 0.15) is 5.76 Å². The van der Waals surface area contributed by atoms with Gasteiger partial charge in [0.2, 0.25) is 0 Å². The van der Waals surface area contributed by atoms with Gasteiger partial charge in [-0.25, -0.2) is 8.78 Å². The molecule has 2 rings (SSSR count). The molecule has 23 heavy (non-hydrogen) atoms. The van der Waals surface area contributed by atoms with Gasteiger partial charge in [0.05, 0.1) is 12.1 Å². The number of benzene rings is 1. The molecule has 0 fully saturated rings. The molecule has 1 aliphatic carbocycles. The van der Waals surface area contributed by atoms with Crippen LogP contribution in [0.2, 0.25) is 0 Å². The lowest BCUT2D eigenvalue weighted by Gasteiger charge is -2.22. The maximum atomic E-state index is 13.8. The van der Waals surface area contributed by atoms with E-state index in [-0.39, 0.29) is 35.5 Å². The van der Waals surface area contributed by atoms with Gasteiger partial charge in [-0.2, -0.15) is 0 Å². The van der Waals surface area contributed by atoms with E-state index in [4.69, 9.17) is 0 Å². The van der Waals surface area contributed by atoms with Crippen LogP contribution in [0.4, 0.5) is 8.78 Å². The Balaban J connectivity index is 2.15. The summed E-state index contributed by atoms with van der Waals surface area (Å²) in [5, 5.41) is 10.1. The van der Waals surface area contributed by atoms with Crippen LogP contribution in [0.1, 0.15) is 24.3 Å². The topological polar surface area (TPSA) is 52.9 Å². The van der Waals surface area contributed by atoms with Gasteiger partial charge in [0.25, 0.3) is 0 Å². The summed E-state index contributed by atoms with van der Waals surface area (Å²) in [5.41, 5.74) is 0.283. The second kappa shape index (κ2) is 7.46. The fourth-order valence-corrected chi connectivity index (χ4v) is 2.53. The SMILES string of the molecule is CN(C)CCN=CC1=C(O)CC(c2cccc(F)c2F)CC1=O. The average Bonchev–Trinajstić information content (AvgIpc) is 2.48. The molecule has 0 saturated carbocycles. The molecule has 0 aromatic heterocycles. The molecular weight excluding hydrogens is 302 g/mol. The Labute approximate surface area is 134 Å². The van der Waals surface area contributed by atoms with Crippen molar-refractivity contribution in [2.45, 2.75) is 18.8 Å². The third-order valence-electron chi connectivity index (χ3n) is 3.80. The Morgan fingerprint density at radius 2 is 2.09 bits per heavy atom. The van der Waals surface area contributed by atoms with Gasteiger partial charge >= 0.3 is 0 Å². The second-order valence-electron chi connectivity index (χ2n) is 5.87. The largest absolute Gasteiger partial charge is 0.511 e. The standard InChI is InChI=1S/C17H20F2N2O2/c1-21(2)7-6-20-10-13-15(22)8-11(9-16(13)23)12-4-3-5-14(18)17(12)19/h3-5,10-11,22H,6-9H2,1-2H3. The quantitative estimate of drug-likeness (QED) is 0.848. The highest BCUT2D eigenvalue weighted by Crippen LogP contribution is 2.34. The number of aliphatic hydroxyl groups excluding tert-OH is 1. The van der Waals surface area contributed by atoms with Gasteiger partial charge in [-0.3, -0.25) is 9.79 Å². The zero-order chi connectivity index (χ0) is 17.0. The predicted octanol–water partition coefficient (Wildman–Crippen LogP) is 2.86. The molecule has 4 nitrogen and oxygen atoms in total. The van der Waals surface area contributed by atoms with Crippen LogP contribution in [0, 0.1) is 11.6 Å². The first-order valence-corrected chi connectivity index (χ1v) is 7.44. The molecule has 0 saturated heterocycles. The zero-order valence-electron chi connectivity index (χ0n) is 13.2. The lowest BCUT2D eigenvalue weighted by Crippen LogP contribution is -2.21. The van der Waals surface area contributed by atoms with Gasteiger partial charge < -0.3 is 10.0 Å². The molecule has 6 heteroatoms. The number of hydrogen-bond acceptors (Lipinski definition) is 4. The monoisotopic (exact) mass is 322 g/mol. The molecule has 0 spiro atoms. The summed E-state index contributed by atoms with van der Waals surface area (Å²) in [4.78, 5) is 18.3. The summed E-state index contributed by atoms with van der Waals surface area (Å²) in [6, 6.07) is 3.87. The number of carbonyl (C=O) groups is 1. The van der Waals surface area contributed by atoms with Crippen molar-refractivity contribution in [3.05, 3.63) is 46.7 Å². The van der Waals surface area contributed by atoms with E-state index >= 15 is 0 Å². The molecule has 1 aliphatic rings. The molecule has 0 radical (unpaired) electrons. The Morgan fingerprint density at radius 1 is 1.35 bits per heavy atom. The highest BCUT2D eigenvalue weighted by atomic mass is 19.2. The van der Waals surface area contributed by atoms with Crippen molar-refractivity contribution >= 4 is 12.0 Å². The Morgan fingerprint density at radius 3 is 2.74 bits per heavy atom. The van der Waals surface area contributed by atoms with Crippen LogP contribution in [0.15, 0.2) is 34.5 Å². The molecule has 1 atom stereocenters. The minimum Gasteiger partial charge on any atom is -0.511 e. The molecule has 0 bridgehead atoms. The molecule has 1 aromatic rings. The fraction of sp³-hybridized carbons (Fsp3) is 0.412. The van der Waals surface area contributed by atoms with Gasteiger partial charge in [-0.15, -0.1) is 0 Å². The Hall–Kier alpha value is -2.08. The number of allylic oxidation sites excluding steroid dienone is 2. The van der Waals surface area contributed by atoms with Crippen LogP contribution in [-0.4, -0.2) is 49.2 Å². The van der Waals surface area contributed by atoms with Crippen molar-refractivity contribution in [1.29, 1.82) is 0 Å². The number of rotatable bonds is 5. The van der Waals surface area contributed by atoms with E-state index in [9.17, 15) is 18.7 Å². The summed E-state index contributed by atoms with van der Waals surface area (Å²) in [6.07, 6.45) is 1.50. The third kappa shape index (κ3) is 4.22. The normalized spacial score (nSPS) is 19.2. The summed E-state index contributed by atoms with van der Waals surface area (Å²) in [7, 11) is 3.83. The Bertz CT molecular complexity index is 654. The number of halogens is 2. The first kappa shape index (κ1) is 17.3. The van der Waals surface area contributed by atoms with E-state index in [0.29, 0.717) is 6.54 Å². The number of aliphatic hydroxyl groups is 1. The lowest BCUT2D eigenvalue weighted by molar-refractivity contribution is -0.116. The van der Waals surface area contributed by atoms with Crippen molar-refractivity contribution in [3.63, 3.8) is 0 Å². The first-order valence-electron chi connectivity index (χ1n) is 7.44. The maximum Gasteiger partial charge on any atom is 0.168 e. The van der Waals surface area contributed by atoms with E-state index in [1.54, 1.807) is 0 Å². The van der Waals surface area contributed by atoms with Gasteiger partial charge in [-0.05, 0) is 25.7 Å². The van der Waals surface area contributed by atoms with Crippen molar-refractivity contribution in [3.8, 4) is 0 Å². The number of ketones is 1. The van der Waals surface area contributed by atoms with Crippen LogP contribution in [-0.2, 0) is 4.79 Å².